The summed E-state index contributed by atoms with van der Waals surface area (Å²) in [4.78, 5) is 51.3. The van der Waals surface area contributed by atoms with E-state index in [0.29, 0.717) is 22.9 Å². The number of anilines is 2. The molecule has 0 saturated heterocycles. The van der Waals surface area contributed by atoms with Crippen molar-refractivity contribution in [1.82, 2.24) is 10.2 Å². The van der Waals surface area contributed by atoms with Crippen LogP contribution in [0.2, 0.25) is 0 Å². The van der Waals surface area contributed by atoms with E-state index in [2.05, 4.69) is 16.0 Å². The first-order valence-corrected chi connectivity index (χ1v) is 11.0. The first-order valence-electron chi connectivity index (χ1n) is 11.0. The van der Waals surface area contributed by atoms with Crippen molar-refractivity contribution in [2.24, 2.45) is 0 Å². The van der Waals surface area contributed by atoms with E-state index in [-0.39, 0.29) is 29.8 Å². The topological polar surface area (TPSA) is 134 Å². The first-order chi connectivity index (χ1) is 17.5. The SMILES string of the molecule is O=C(NCc1ccco1)Nc1ccc(NC(=O)c2ccc3c(c2)C(=O)N(Cc2ccco2)C3=O)cc1. The van der Waals surface area contributed by atoms with Crippen molar-refractivity contribution < 1.29 is 28.0 Å². The maximum atomic E-state index is 12.8. The van der Waals surface area contributed by atoms with Crippen LogP contribution in [-0.2, 0) is 13.1 Å². The Morgan fingerprint density at radius 1 is 0.750 bits per heavy atom. The number of imide groups is 1. The van der Waals surface area contributed by atoms with Crippen LogP contribution in [0.4, 0.5) is 16.2 Å². The smallest absolute Gasteiger partial charge is 0.319 e. The monoisotopic (exact) mass is 484 g/mol. The van der Waals surface area contributed by atoms with Gasteiger partial charge in [-0.05, 0) is 66.7 Å². The molecule has 3 N–H and O–H groups in total. The van der Waals surface area contributed by atoms with Crippen LogP contribution in [0, 0.1) is 0 Å². The Kier molecular flexibility index (Phi) is 6.06. The van der Waals surface area contributed by atoms with Gasteiger partial charge in [0, 0.05) is 16.9 Å². The van der Waals surface area contributed by atoms with Gasteiger partial charge in [0.2, 0.25) is 0 Å². The van der Waals surface area contributed by atoms with Gasteiger partial charge in [-0.2, -0.15) is 0 Å². The van der Waals surface area contributed by atoms with E-state index in [4.69, 9.17) is 8.83 Å². The second kappa shape index (κ2) is 9.63. The number of carbonyl (C=O) groups excluding carboxylic acids is 4. The standard InChI is InChI=1S/C26H20N4O6/c31-23(28-17-6-8-18(9-7-17)29-26(34)27-14-19-3-1-11-35-19)16-5-10-21-22(13-16)25(33)30(24(21)32)15-20-4-2-12-36-20/h1-13H,14-15H2,(H,28,31)(H2,27,29,34). The van der Waals surface area contributed by atoms with Gasteiger partial charge in [0.1, 0.15) is 11.5 Å². The zero-order valence-electron chi connectivity index (χ0n) is 18.8. The van der Waals surface area contributed by atoms with Crippen molar-refractivity contribution in [1.29, 1.82) is 0 Å². The number of hydrogen-bond donors (Lipinski definition) is 3. The van der Waals surface area contributed by atoms with Gasteiger partial charge in [-0.25, -0.2) is 4.79 Å². The minimum atomic E-state index is -0.484. The highest BCUT2D eigenvalue weighted by Gasteiger charge is 2.36. The van der Waals surface area contributed by atoms with Crippen molar-refractivity contribution in [2.45, 2.75) is 13.1 Å². The highest BCUT2D eigenvalue weighted by Crippen LogP contribution is 2.26. The number of benzene rings is 2. The number of amides is 5. The van der Waals surface area contributed by atoms with Gasteiger partial charge in [0.25, 0.3) is 17.7 Å². The fourth-order valence-corrected chi connectivity index (χ4v) is 3.73. The number of furan rings is 2. The zero-order valence-corrected chi connectivity index (χ0v) is 18.8. The number of fused-ring (bicyclic) bond motifs is 1. The summed E-state index contributed by atoms with van der Waals surface area (Å²) < 4.78 is 10.4. The van der Waals surface area contributed by atoms with E-state index in [0.717, 1.165) is 4.90 Å². The molecule has 3 heterocycles. The molecule has 0 unspecified atom stereocenters. The van der Waals surface area contributed by atoms with Crippen LogP contribution in [-0.4, -0.2) is 28.7 Å². The number of carbonyl (C=O) groups is 4. The lowest BCUT2D eigenvalue weighted by atomic mass is 10.1. The van der Waals surface area contributed by atoms with Gasteiger partial charge in [0.05, 0.1) is 36.7 Å². The molecule has 2 aromatic heterocycles. The fraction of sp³-hybridized carbons (Fsp3) is 0.0769. The van der Waals surface area contributed by atoms with Crippen molar-refractivity contribution in [3.8, 4) is 0 Å². The summed E-state index contributed by atoms with van der Waals surface area (Å²) >= 11 is 0. The van der Waals surface area contributed by atoms with Crippen LogP contribution in [0.5, 0.6) is 0 Å². The highest BCUT2D eigenvalue weighted by molar-refractivity contribution is 6.22. The summed E-state index contributed by atoms with van der Waals surface area (Å²) in [5.41, 5.74) is 1.66. The van der Waals surface area contributed by atoms with Crippen LogP contribution in [0.15, 0.2) is 88.1 Å². The van der Waals surface area contributed by atoms with Crippen LogP contribution >= 0.6 is 0 Å². The second-order valence-electron chi connectivity index (χ2n) is 7.95. The summed E-state index contributed by atoms with van der Waals surface area (Å²) in [6.07, 6.45) is 3.00. The lowest BCUT2D eigenvalue weighted by molar-refractivity contribution is 0.0631. The third-order valence-electron chi connectivity index (χ3n) is 5.53. The number of nitrogens with zero attached hydrogens (tertiary/aromatic N) is 1. The average molecular weight is 484 g/mol. The molecule has 5 amide bonds. The minimum Gasteiger partial charge on any atom is -0.467 e. The van der Waals surface area contributed by atoms with Crippen LogP contribution in [0.25, 0.3) is 0 Å². The number of urea groups is 1. The molecule has 0 bridgehead atoms. The predicted molar refractivity (Wildman–Crippen MR) is 128 cm³/mol. The largest absolute Gasteiger partial charge is 0.467 e. The normalized spacial score (nSPS) is 12.4. The molecule has 0 atom stereocenters. The molecule has 4 aromatic rings. The Balaban J connectivity index is 1.20. The Morgan fingerprint density at radius 3 is 2.06 bits per heavy atom. The number of hydrogen-bond acceptors (Lipinski definition) is 6. The van der Waals surface area contributed by atoms with Gasteiger partial charge in [0.15, 0.2) is 0 Å². The second-order valence-corrected chi connectivity index (χ2v) is 7.95. The summed E-state index contributed by atoms with van der Waals surface area (Å²) in [7, 11) is 0. The van der Waals surface area contributed by atoms with E-state index in [1.54, 1.807) is 48.5 Å². The van der Waals surface area contributed by atoms with E-state index in [9.17, 15) is 19.2 Å². The summed E-state index contributed by atoms with van der Waals surface area (Å²) in [6.45, 7) is 0.268. The van der Waals surface area contributed by atoms with Crippen LogP contribution in [0.1, 0.15) is 42.6 Å². The van der Waals surface area contributed by atoms with Crippen molar-refractivity contribution in [3.05, 3.63) is 107 Å². The molecule has 0 fully saturated rings. The van der Waals surface area contributed by atoms with Crippen LogP contribution < -0.4 is 16.0 Å². The lowest BCUT2D eigenvalue weighted by Gasteiger charge is -2.11. The first kappa shape index (κ1) is 22.7. The molecule has 1 aliphatic rings. The Morgan fingerprint density at radius 2 is 1.39 bits per heavy atom. The molecule has 10 nitrogen and oxygen atoms in total. The minimum absolute atomic E-state index is 0.0160. The zero-order chi connectivity index (χ0) is 25.1. The van der Waals surface area contributed by atoms with Gasteiger partial charge in [-0.3, -0.25) is 19.3 Å². The maximum Gasteiger partial charge on any atom is 0.319 e. The van der Waals surface area contributed by atoms with Gasteiger partial charge < -0.3 is 24.8 Å². The number of nitrogens with one attached hydrogen (secondary N) is 3. The quantitative estimate of drug-likeness (QED) is 0.336. The van der Waals surface area contributed by atoms with Gasteiger partial charge >= 0.3 is 6.03 Å². The van der Waals surface area contributed by atoms with Gasteiger partial charge in [-0.15, -0.1) is 0 Å². The molecule has 1 aliphatic heterocycles. The molecule has 2 aromatic carbocycles. The Labute approximate surface area is 204 Å². The molecule has 0 radical (unpaired) electrons. The maximum absolute atomic E-state index is 12.8. The molecular weight excluding hydrogens is 464 g/mol. The Bertz CT molecular complexity index is 1430. The third kappa shape index (κ3) is 4.73. The molecule has 0 aliphatic carbocycles. The molecule has 5 rings (SSSR count). The summed E-state index contributed by atoms with van der Waals surface area (Å²) in [6, 6.07) is 17.4. The van der Waals surface area contributed by atoms with E-state index >= 15 is 0 Å². The molecule has 180 valence electrons. The van der Waals surface area contributed by atoms with E-state index in [1.807, 2.05) is 0 Å². The molecule has 10 heteroatoms. The van der Waals surface area contributed by atoms with Crippen molar-refractivity contribution >= 4 is 35.1 Å². The Hall–Kier alpha value is -5.12. The number of rotatable bonds is 7. The van der Waals surface area contributed by atoms with Crippen molar-refractivity contribution in [2.75, 3.05) is 10.6 Å². The summed E-state index contributed by atoms with van der Waals surface area (Å²) in [5.74, 6) is -0.252. The summed E-state index contributed by atoms with van der Waals surface area (Å²) in [5, 5.41) is 8.10. The molecule has 0 saturated carbocycles. The third-order valence-corrected chi connectivity index (χ3v) is 5.53. The molecule has 36 heavy (non-hydrogen) atoms. The van der Waals surface area contributed by atoms with Gasteiger partial charge in [-0.1, -0.05) is 0 Å². The average Bonchev–Trinajstić information content (AvgIpc) is 3.64. The fourth-order valence-electron chi connectivity index (χ4n) is 3.73. The van der Waals surface area contributed by atoms with Crippen molar-refractivity contribution in [3.63, 3.8) is 0 Å². The predicted octanol–water partition coefficient (Wildman–Crippen LogP) is 4.24. The van der Waals surface area contributed by atoms with Crippen LogP contribution in [0.3, 0.4) is 0 Å². The molecule has 0 spiro atoms. The van der Waals surface area contributed by atoms with E-state index in [1.165, 1.54) is 30.7 Å². The lowest BCUT2D eigenvalue weighted by Crippen LogP contribution is -2.28. The van der Waals surface area contributed by atoms with E-state index < -0.39 is 23.8 Å². The highest BCUT2D eigenvalue weighted by atomic mass is 16.3. The molecular formula is C26H20N4O6.